The summed E-state index contributed by atoms with van der Waals surface area (Å²) in [6.07, 6.45) is -4.02. The summed E-state index contributed by atoms with van der Waals surface area (Å²) in [6.45, 7) is 6.22. The van der Waals surface area contributed by atoms with E-state index in [1.54, 1.807) is 0 Å². The predicted octanol–water partition coefficient (Wildman–Crippen LogP) is -2.61. The van der Waals surface area contributed by atoms with Crippen LogP contribution in [0.1, 0.15) is 73.1 Å². The van der Waals surface area contributed by atoms with Gasteiger partial charge in [-0.25, -0.2) is 0 Å². The van der Waals surface area contributed by atoms with Crippen molar-refractivity contribution in [2.24, 2.45) is 5.92 Å². The number of carbonyl (C=O) groups excluding carboxylic acids is 4. The van der Waals surface area contributed by atoms with E-state index in [0.717, 1.165) is 0 Å². The SMILES string of the molecule is CC(=O)N[C@@H](CO)C(OCCCCC(=O)NCC(C)CNC(=O)CCCCOC(OC(CO)[C@@H](C)O)[C@H](CO)NC(C)=O)OC(CO)[C@@H](C)O. The highest BCUT2D eigenvalue weighted by atomic mass is 16.7. The minimum Gasteiger partial charge on any atom is -0.394 e. The van der Waals surface area contributed by atoms with E-state index in [-0.39, 0.29) is 43.8 Å². The molecule has 0 saturated heterocycles. The van der Waals surface area contributed by atoms with Gasteiger partial charge in [0, 0.05) is 53.0 Å². The van der Waals surface area contributed by atoms with Crippen LogP contribution in [-0.2, 0) is 38.1 Å². The molecule has 0 bridgehead atoms. The number of amides is 4. The molecular formula is C32H62N4O14. The van der Waals surface area contributed by atoms with Gasteiger partial charge in [-0.1, -0.05) is 6.92 Å². The Labute approximate surface area is 294 Å². The zero-order valence-electron chi connectivity index (χ0n) is 30.0. The molecule has 0 aliphatic heterocycles. The maximum Gasteiger partial charge on any atom is 0.220 e. The largest absolute Gasteiger partial charge is 0.394 e. The van der Waals surface area contributed by atoms with Gasteiger partial charge in [0.2, 0.25) is 23.6 Å². The molecule has 8 atom stereocenters. The van der Waals surface area contributed by atoms with Crippen molar-refractivity contribution in [3.05, 3.63) is 0 Å². The van der Waals surface area contributed by atoms with Crippen LogP contribution >= 0.6 is 0 Å². The third kappa shape index (κ3) is 22.3. The third-order valence-electron chi connectivity index (χ3n) is 7.34. The van der Waals surface area contributed by atoms with Crippen molar-refractivity contribution in [2.45, 2.75) is 122 Å². The molecule has 0 aromatic carbocycles. The molecule has 0 aliphatic rings. The van der Waals surface area contributed by atoms with Crippen molar-refractivity contribution in [3.63, 3.8) is 0 Å². The van der Waals surface area contributed by atoms with Crippen LogP contribution in [-0.4, -0.2) is 156 Å². The van der Waals surface area contributed by atoms with Gasteiger partial charge < -0.3 is 70.9 Å². The molecule has 18 nitrogen and oxygen atoms in total. The molecule has 18 heteroatoms. The molecule has 0 rings (SSSR count). The maximum absolute atomic E-state index is 12.3. The predicted molar refractivity (Wildman–Crippen MR) is 179 cm³/mol. The van der Waals surface area contributed by atoms with Crippen molar-refractivity contribution in [1.29, 1.82) is 0 Å². The van der Waals surface area contributed by atoms with Crippen LogP contribution in [0.25, 0.3) is 0 Å². The fraction of sp³-hybridized carbons (Fsp3) is 0.875. The quantitative estimate of drug-likeness (QED) is 0.0269. The fourth-order valence-electron chi connectivity index (χ4n) is 4.38. The standard InChI is InChI=1S/C32H62N4O14/c1-20(14-33-29(45)10-6-8-12-47-31(25(16-37)35-23(4)43)49-27(18-39)21(2)41)15-34-30(46)11-7-9-13-48-32(26(17-38)36-24(5)44)50-28(19-40)22(3)42/h20-22,25-28,31-32,37-42H,6-19H2,1-5H3,(H,33,45)(H,34,46)(H,35,43)(H,36,44)/t20?,21-,22-,25+,26+,27?,28?,31?,32?/m1/s1. The number of unbranched alkanes of at least 4 members (excludes halogenated alkanes) is 2. The Morgan fingerprint density at radius 1 is 0.580 bits per heavy atom. The number of aliphatic hydroxyl groups is 6. The Morgan fingerprint density at radius 3 is 1.22 bits per heavy atom. The summed E-state index contributed by atoms with van der Waals surface area (Å²) < 4.78 is 22.5. The molecule has 0 aliphatic carbocycles. The van der Waals surface area contributed by atoms with E-state index in [2.05, 4.69) is 21.3 Å². The molecule has 10 N–H and O–H groups in total. The van der Waals surface area contributed by atoms with Gasteiger partial charge in [0.1, 0.15) is 24.3 Å². The van der Waals surface area contributed by atoms with Crippen LogP contribution < -0.4 is 21.3 Å². The van der Waals surface area contributed by atoms with E-state index in [0.29, 0.717) is 38.8 Å². The normalized spacial score (nSPS) is 16.9. The first-order valence-electron chi connectivity index (χ1n) is 17.1. The zero-order chi connectivity index (χ0) is 38.1. The van der Waals surface area contributed by atoms with Crippen LogP contribution in [0.5, 0.6) is 0 Å². The molecule has 0 aromatic heterocycles. The lowest BCUT2D eigenvalue weighted by Gasteiger charge is -2.30. The average molecular weight is 727 g/mol. The summed E-state index contributed by atoms with van der Waals surface area (Å²) in [5, 5.41) is 68.5. The molecule has 0 spiro atoms. The van der Waals surface area contributed by atoms with Crippen molar-refractivity contribution in [1.82, 2.24) is 21.3 Å². The number of carbonyl (C=O) groups is 4. The topological polar surface area (TPSA) is 275 Å². The second-order valence-electron chi connectivity index (χ2n) is 12.3. The van der Waals surface area contributed by atoms with E-state index in [9.17, 15) is 49.8 Å². The van der Waals surface area contributed by atoms with E-state index in [1.807, 2.05) is 6.92 Å². The molecule has 0 radical (unpaired) electrons. The Hall–Kier alpha value is -2.52. The highest BCUT2D eigenvalue weighted by Crippen LogP contribution is 2.12. The molecular weight excluding hydrogens is 664 g/mol. The highest BCUT2D eigenvalue weighted by molar-refractivity contribution is 5.76. The number of nitrogens with one attached hydrogen (secondary N) is 4. The van der Waals surface area contributed by atoms with Crippen LogP contribution in [0, 0.1) is 5.92 Å². The van der Waals surface area contributed by atoms with E-state index < -0.39 is 87.3 Å². The number of rotatable bonds is 30. The molecule has 4 amide bonds. The molecule has 0 fully saturated rings. The van der Waals surface area contributed by atoms with Crippen molar-refractivity contribution >= 4 is 23.6 Å². The lowest BCUT2D eigenvalue weighted by atomic mass is 10.1. The molecule has 0 aromatic rings. The van der Waals surface area contributed by atoms with Crippen molar-refractivity contribution < 1.29 is 68.8 Å². The summed E-state index contributed by atoms with van der Waals surface area (Å²) >= 11 is 0. The lowest BCUT2D eigenvalue weighted by molar-refractivity contribution is -0.214. The smallest absolute Gasteiger partial charge is 0.220 e. The third-order valence-corrected chi connectivity index (χ3v) is 7.34. The van der Waals surface area contributed by atoms with Crippen molar-refractivity contribution in [3.8, 4) is 0 Å². The highest BCUT2D eigenvalue weighted by Gasteiger charge is 2.30. The van der Waals surface area contributed by atoms with Crippen molar-refractivity contribution in [2.75, 3.05) is 52.7 Å². The Morgan fingerprint density at radius 2 is 0.940 bits per heavy atom. The molecule has 50 heavy (non-hydrogen) atoms. The number of aliphatic hydroxyl groups excluding tert-OH is 6. The van der Waals surface area contributed by atoms with E-state index in [1.165, 1.54) is 27.7 Å². The Kier molecular flexibility index (Phi) is 26.7. The van der Waals surface area contributed by atoms with Gasteiger partial charge in [-0.05, 0) is 45.4 Å². The maximum atomic E-state index is 12.3. The summed E-state index contributed by atoms with van der Waals surface area (Å²) in [5.41, 5.74) is 0. The van der Waals surface area contributed by atoms with Gasteiger partial charge in [-0.3, -0.25) is 19.2 Å². The minimum atomic E-state index is -1.14. The average Bonchev–Trinajstić information content (AvgIpc) is 3.06. The Balaban J connectivity index is 4.44. The summed E-state index contributed by atoms with van der Waals surface area (Å²) in [5.74, 6) is -1.25. The van der Waals surface area contributed by atoms with Gasteiger partial charge in [0.25, 0.3) is 0 Å². The van der Waals surface area contributed by atoms with Gasteiger partial charge >= 0.3 is 0 Å². The van der Waals surface area contributed by atoms with E-state index in [4.69, 9.17) is 18.9 Å². The molecule has 294 valence electrons. The van der Waals surface area contributed by atoms with E-state index >= 15 is 0 Å². The van der Waals surface area contributed by atoms with Crippen LogP contribution in [0.3, 0.4) is 0 Å². The number of hydrogen-bond acceptors (Lipinski definition) is 14. The summed E-state index contributed by atoms with van der Waals surface area (Å²) in [4.78, 5) is 47.6. The molecule has 4 unspecified atom stereocenters. The van der Waals surface area contributed by atoms with Gasteiger partial charge in [0.05, 0.1) is 38.6 Å². The monoisotopic (exact) mass is 726 g/mol. The van der Waals surface area contributed by atoms with Crippen LogP contribution in [0.4, 0.5) is 0 Å². The first-order chi connectivity index (χ1) is 23.7. The van der Waals surface area contributed by atoms with Gasteiger partial charge in [-0.15, -0.1) is 0 Å². The lowest BCUT2D eigenvalue weighted by Crippen LogP contribution is -2.50. The second kappa shape index (κ2) is 28.1. The minimum absolute atomic E-state index is 0.0412. The zero-order valence-corrected chi connectivity index (χ0v) is 30.0. The van der Waals surface area contributed by atoms with Crippen LogP contribution in [0.2, 0.25) is 0 Å². The van der Waals surface area contributed by atoms with Gasteiger partial charge in [-0.2, -0.15) is 0 Å². The number of ether oxygens (including phenoxy) is 4. The second-order valence-corrected chi connectivity index (χ2v) is 12.3. The first kappa shape index (κ1) is 47.5. The first-order valence-corrected chi connectivity index (χ1v) is 17.1. The van der Waals surface area contributed by atoms with Crippen LogP contribution in [0.15, 0.2) is 0 Å². The Bertz CT molecular complexity index is 873. The summed E-state index contributed by atoms with van der Waals surface area (Å²) in [7, 11) is 0. The summed E-state index contributed by atoms with van der Waals surface area (Å²) in [6, 6.07) is -1.86. The molecule has 0 saturated carbocycles. The van der Waals surface area contributed by atoms with Gasteiger partial charge in [0.15, 0.2) is 12.6 Å². The molecule has 0 heterocycles. The fourth-order valence-corrected chi connectivity index (χ4v) is 4.38. The number of hydrogen-bond donors (Lipinski definition) is 10.